The second-order valence-corrected chi connectivity index (χ2v) is 5.74. The Labute approximate surface area is 112 Å². The fraction of sp³-hybridized carbons (Fsp3) is 0.167. The molecule has 0 N–H and O–H groups in total. The number of aromatic nitrogens is 1. The Balaban J connectivity index is 2.22. The van der Waals surface area contributed by atoms with Crippen LogP contribution in [0.15, 0.2) is 54.7 Å². The van der Waals surface area contributed by atoms with Gasteiger partial charge in [-0.3, -0.25) is 4.98 Å². The fourth-order valence-corrected chi connectivity index (χ4v) is 3.28. The average molecular weight is 245 g/mol. The quantitative estimate of drug-likeness (QED) is 0.566. The minimum absolute atomic E-state index is 0.00401. The Morgan fingerprint density at radius 2 is 1.63 bits per heavy atom. The molecule has 1 aliphatic rings. The fourth-order valence-electron chi connectivity index (χ4n) is 3.28. The van der Waals surface area contributed by atoms with Gasteiger partial charge in [-0.2, -0.15) is 0 Å². The maximum absolute atomic E-state index is 4.75. The first-order valence-corrected chi connectivity index (χ1v) is 6.68. The maximum Gasteiger partial charge on any atom is 0.0588 e. The van der Waals surface area contributed by atoms with Crippen molar-refractivity contribution in [2.45, 2.75) is 19.3 Å². The molecule has 0 saturated carbocycles. The van der Waals surface area contributed by atoms with Gasteiger partial charge in [-0.15, -0.1) is 0 Å². The summed E-state index contributed by atoms with van der Waals surface area (Å²) in [6.07, 6.45) is 2.00. The molecule has 0 unspecified atom stereocenters. The largest absolute Gasteiger partial charge is 0.259 e. The lowest BCUT2D eigenvalue weighted by Gasteiger charge is -2.20. The summed E-state index contributed by atoms with van der Waals surface area (Å²) in [5, 5.41) is 2.53. The van der Waals surface area contributed by atoms with Crippen LogP contribution in [0.25, 0.3) is 21.9 Å². The smallest absolute Gasteiger partial charge is 0.0588 e. The van der Waals surface area contributed by atoms with Crippen LogP contribution in [0.2, 0.25) is 0 Å². The summed E-state index contributed by atoms with van der Waals surface area (Å²) in [6.45, 7) is 4.53. The van der Waals surface area contributed by atoms with Crippen LogP contribution in [0, 0.1) is 0 Å². The molecule has 0 atom stereocenters. The number of pyridine rings is 1. The first kappa shape index (κ1) is 10.7. The molecule has 1 nitrogen and oxygen atoms in total. The number of hydrogen-bond donors (Lipinski definition) is 0. The van der Waals surface area contributed by atoms with E-state index in [1.807, 2.05) is 6.20 Å². The van der Waals surface area contributed by atoms with E-state index in [0.29, 0.717) is 0 Å². The molecule has 0 bridgehead atoms. The van der Waals surface area contributed by atoms with Crippen molar-refractivity contribution in [3.05, 3.63) is 66.0 Å². The Kier molecular flexibility index (Phi) is 1.95. The van der Waals surface area contributed by atoms with Gasteiger partial charge in [0, 0.05) is 22.6 Å². The Bertz CT molecular complexity index is 800. The normalized spacial score (nSPS) is 15.3. The van der Waals surface area contributed by atoms with Crippen molar-refractivity contribution in [1.82, 2.24) is 4.98 Å². The molecule has 19 heavy (non-hydrogen) atoms. The molecule has 0 spiro atoms. The van der Waals surface area contributed by atoms with Crippen LogP contribution in [-0.2, 0) is 5.41 Å². The molecule has 92 valence electrons. The zero-order valence-electron chi connectivity index (χ0n) is 11.1. The van der Waals surface area contributed by atoms with Gasteiger partial charge < -0.3 is 0 Å². The van der Waals surface area contributed by atoms with Gasteiger partial charge in [-0.05, 0) is 16.5 Å². The molecule has 0 amide bonds. The van der Waals surface area contributed by atoms with Crippen LogP contribution in [0.1, 0.15) is 25.1 Å². The summed E-state index contributed by atoms with van der Waals surface area (Å²) in [5.74, 6) is 0. The van der Waals surface area contributed by atoms with Gasteiger partial charge in [0.2, 0.25) is 0 Å². The van der Waals surface area contributed by atoms with E-state index in [1.54, 1.807) is 0 Å². The van der Waals surface area contributed by atoms with Crippen molar-refractivity contribution in [3.63, 3.8) is 0 Å². The number of rotatable bonds is 0. The van der Waals surface area contributed by atoms with Gasteiger partial charge in [0.05, 0.1) is 5.69 Å². The van der Waals surface area contributed by atoms with E-state index in [0.717, 1.165) is 0 Å². The van der Waals surface area contributed by atoms with Gasteiger partial charge in [0.15, 0.2) is 0 Å². The first-order chi connectivity index (χ1) is 9.19. The summed E-state index contributed by atoms with van der Waals surface area (Å²) in [6, 6.07) is 17.2. The molecule has 0 fully saturated rings. The van der Waals surface area contributed by atoms with Crippen LogP contribution in [0.5, 0.6) is 0 Å². The van der Waals surface area contributed by atoms with E-state index in [-0.39, 0.29) is 5.41 Å². The highest BCUT2D eigenvalue weighted by Crippen LogP contribution is 2.49. The van der Waals surface area contributed by atoms with Gasteiger partial charge in [-0.25, -0.2) is 0 Å². The van der Waals surface area contributed by atoms with Crippen molar-refractivity contribution in [3.8, 4) is 11.1 Å². The average Bonchev–Trinajstić information content (AvgIpc) is 2.68. The monoisotopic (exact) mass is 245 g/mol. The van der Waals surface area contributed by atoms with Crippen LogP contribution in [0.4, 0.5) is 0 Å². The number of hydrogen-bond acceptors (Lipinski definition) is 1. The zero-order valence-corrected chi connectivity index (χ0v) is 11.1. The zero-order chi connectivity index (χ0) is 13.0. The van der Waals surface area contributed by atoms with E-state index < -0.39 is 0 Å². The predicted octanol–water partition coefficient (Wildman–Crippen LogP) is 4.54. The lowest BCUT2D eigenvalue weighted by atomic mass is 9.85. The maximum atomic E-state index is 4.75. The topological polar surface area (TPSA) is 12.9 Å². The van der Waals surface area contributed by atoms with E-state index in [2.05, 4.69) is 62.4 Å². The molecule has 1 heterocycles. The van der Waals surface area contributed by atoms with Gasteiger partial charge in [-0.1, -0.05) is 62.4 Å². The highest BCUT2D eigenvalue weighted by atomic mass is 14.7. The summed E-state index contributed by atoms with van der Waals surface area (Å²) >= 11 is 0. The second-order valence-electron chi connectivity index (χ2n) is 5.74. The van der Waals surface area contributed by atoms with Crippen LogP contribution in [-0.4, -0.2) is 4.98 Å². The highest BCUT2D eigenvalue weighted by molar-refractivity contribution is 6.01. The molecule has 3 aromatic rings. The second kappa shape index (κ2) is 3.45. The number of benzene rings is 2. The molecule has 1 aromatic heterocycles. The molecule has 1 heteroatoms. The Hall–Kier alpha value is -2.15. The molecule has 0 aliphatic heterocycles. The van der Waals surface area contributed by atoms with Crippen LogP contribution in [0.3, 0.4) is 0 Å². The Morgan fingerprint density at radius 3 is 2.53 bits per heavy atom. The van der Waals surface area contributed by atoms with E-state index in [9.17, 15) is 0 Å². The molecule has 0 saturated heterocycles. The van der Waals surface area contributed by atoms with Gasteiger partial charge in [0.1, 0.15) is 0 Å². The molecular weight excluding hydrogens is 230 g/mol. The molecule has 2 aromatic carbocycles. The van der Waals surface area contributed by atoms with Crippen molar-refractivity contribution in [2.24, 2.45) is 0 Å². The van der Waals surface area contributed by atoms with Crippen LogP contribution < -0.4 is 0 Å². The third-order valence-corrected chi connectivity index (χ3v) is 4.26. The Morgan fingerprint density at radius 1 is 0.895 bits per heavy atom. The summed E-state index contributed by atoms with van der Waals surface area (Å²) in [7, 11) is 0. The molecule has 0 radical (unpaired) electrons. The summed E-state index contributed by atoms with van der Waals surface area (Å²) in [4.78, 5) is 4.75. The third kappa shape index (κ3) is 1.27. The minimum Gasteiger partial charge on any atom is -0.259 e. The number of nitrogens with zero attached hydrogens (tertiary/aromatic N) is 1. The van der Waals surface area contributed by atoms with E-state index in [4.69, 9.17) is 4.98 Å². The molecule has 1 aliphatic carbocycles. The minimum atomic E-state index is -0.00401. The third-order valence-electron chi connectivity index (χ3n) is 4.26. The predicted molar refractivity (Wildman–Crippen MR) is 79.3 cm³/mol. The summed E-state index contributed by atoms with van der Waals surface area (Å²) < 4.78 is 0. The SMILES string of the molecule is CC1(C)c2ccccc2-c2c1ncc1ccccc21. The lowest BCUT2D eigenvalue weighted by Crippen LogP contribution is -2.16. The molecular formula is C18H15N. The van der Waals surface area contributed by atoms with Crippen molar-refractivity contribution < 1.29 is 0 Å². The highest BCUT2D eigenvalue weighted by Gasteiger charge is 2.37. The van der Waals surface area contributed by atoms with Gasteiger partial charge in [0.25, 0.3) is 0 Å². The summed E-state index contributed by atoms with van der Waals surface area (Å²) in [5.41, 5.74) is 5.24. The van der Waals surface area contributed by atoms with Crippen molar-refractivity contribution >= 4 is 10.8 Å². The lowest BCUT2D eigenvalue weighted by molar-refractivity contribution is 0.638. The van der Waals surface area contributed by atoms with E-state index >= 15 is 0 Å². The van der Waals surface area contributed by atoms with Crippen LogP contribution >= 0.6 is 0 Å². The van der Waals surface area contributed by atoms with Crippen molar-refractivity contribution in [1.29, 1.82) is 0 Å². The standard InChI is InChI=1S/C18H15N/c1-18(2)15-10-6-5-9-14(15)16-13-8-4-3-7-12(13)11-19-17(16)18/h3-11H,1-2H3. The van der Waals surface area contributed by atoms with Gasteiger partial charge >= 0.3 is 0 Å². The number of fused-ring (bicyclic) bond motifs is 5. The first-order valence-electron chi connectivity index (χ1n) is 6.68. The molecule has 4 rings (SSSR count). The van der Waals surface area contributed by atoms with E-state index in [1.165, 1.54) is 33.2 Å². The van der Waals surface area contributed by atoms with Crippen molar-refractivity contribution in [2.75, 3.05) is 0 Å².